The molecule has 0 aliphatic heterocycles. The molecule has 0 heterocycles. The van der Waals surface area contributed by atoms with Crippen LogP contribution in [-0.4, -0.2) is 0 Å². The van der Waals surface area contributed by atoms with E-state index in [0.29, 0.717) is 0 Å². The fraction of sp³-hybridized carbons (Fsp3) is 0.455. The van der Waals surface area contributed by atoms with Gasteiger partial charge in [-0.3, -0.25) is 0 Å². The van der Waals surface area contributed by atoms with Gasteiger partial charge in [-0.25, -0.2) is 0 Å². The molecule has 0 aromatic rings. The molecule has 0 fully saturated rings. The topological polar surface area (TPSA) is 0 Å². The highest BCUT2D eigenvalue weighted by Crippen LogP contribution is 2.19. The molecule has 0 aliphatic carbocycles. The van der Waals surface area contributed by atoms with Crippen molar-refractivity contribution in [1.29, 1.82) is 0 Å². The minimum atomic E-state index is 1.14. The molecule has 0 aromatic carbocycles. The van der Waals surface area contributed by atoms with E-state index in [0.717, 1.165) is 5.57 Å². The summed E-state index contributed by atoms with van der Waals surface area (Å²) in [6.07, 6.45) is 2.12. The van der Waals surface area contributed by atoms with Crippen LogP contribution in [0.1, 0.15) is 34.6 Å². The number of allylic oxidation sites excluding steroid dienone is 5. The van der Waals surface area contributed by atoms with E-state index in [9.17, 15) is 0 Å². The molecule has 0 unspecified atom stereocenters. The van der Waals surface area contributed by atoms with Gasteiger partial charge in [0, 0.05) is 0 Å². The van der Waals surface area contributed by atoms with Crippen molar-refractivity contribution in [3.63, 3.8) is 0 Å². The predicted octanol–water partition coefficient (Wildman–Crippen LogP) is 3.87. The summed E-state index contributed by atoms with van der Waals surface area (Å²) in [5, 5.41) is 0. The van der Waals surface area contributed by atoms with Crippen LogP contribution in [0.3, 0.4) is 0 Å². The molecular formula is C11H18. The SMILES string of the molecule is C=C(C)C(=CC)C(C)=C(C)C. The minimum absolute atomic E-state index is 1.14. The third-order valence-corrected chi connectivity index (χ3v) is 1.90. The van der Waals surface area contributed by atoms with Gasteiger partial charge in [-0.1, -0.05) is 23.8 Å². The second-order valence-electron chi connectivity index (χ2n) is 3.11. The Balaban J connectivity index is 4.85. The van der Waals surface area contributed by atoms with Gasteiger partial charge in [-0.15, -0.1) is 0 Å². The van der Waals surface area contributed by atoms with Crippen molar-refractivity contribution in [2.24, 2.45) is 0 Å². The first kappa shape index (κ1) is 10.2. The Morgan fingerprint density at radius 2 is 1.55 bits per heavy atom. The van der Waals surface area contributed by atoms with Gasteiger partial charge >= 0.3 is 0 Å². The van der Waals surface area contributed by atoms with Crippen LogP contribution in [-0.2, 0) is 0 Å². The molecule has 0 amide bonds. The second kappa shape index (κ2) is 4.17. The number of hydrogen-bond acceptors (Lipinski definition) is 0. The van der Waals surface area contributed by atoms with Crippen molar-refractivity contribution in [3.8, 4) is 0 Å². The zero-order chi connectivity index (χ0) is 9.02. The van der Waals surface area contributed by atoms with Crippen LogP contribution in [0.4, 0.5) is 0 Å². The van der Waals surface area contributed by atoms with Crippen LogP contribution < -0.4 is 0 Å². The quantitative estimate of drug-likeness (QED) is 0.524. The molecule has 0 N–H and O–H groups in total. The lowest BCUT2D eigenvalue weighted by atomic mass is 9.98. The van der Waals surface area contributed by atoms with E-state index < -0.39 is 0 Å². The maximum absolute atomic E-state index is 3.93. The Morgan fingerprint density at radius 1 is 1.09 bits per heavy atom. The molecule has 0 spiro atoms. The summed E-state index contributed by atoms with van der Waals surface area (Å²) in [6, 6.07) is 0. The van der Waals surface area contributed by atoms with Gasteiger partial charge in [0.25, 0.3) is 0 Å². The third kappa shape index (κ3) is 2.75. The van der Waals surface area contributed by atoms with Gasteiger partial charge in [0.2, 0.25) is 0 Å². The molecular weight excluding hydrogens is 132 g/mol. The van der Waals surface area contributed by atoms with E-state index in [1.807, 2.05) is 6.92 Å². The largest absolute Gasteiger partial charge is 0.0955 e. The van der Waals surface area contributed by atoms with Gasteiger partial charge in [0.05, 0.1) is 0 Å². The summed E-state index contributed by atoms with van der Waals surface area (Å²) in [5.41, 5.74) is 5.14. The maximum atomic E-state index is 3.93. The van der Waals surface area contributed by atoms with E-state index >= 15 is 0 Å². The van der Waals surface area contributed by atoms with Gasteiger partial charge < -0.3 is 0 Å². The molecule has 0 radical (unpaired) electrons. The smallest absolute Gasteiger partial charge is 0.0247 e. The highest BCUT2D eigenvalue weighted by atomic mass is 14.1. The fourth-order valence-electron chi connectivity index (χ4n) is 1.05. The Labute approximate surface area is 70.3 Å². The van der Waals surface area contributed by atoms with E-state index in [1.54, 1.807) is 0 Å². The van der Waals surface area contributed by atoms with Crippen molar-refractivity contribution in [2.75, 3.05) is 0 Å². The first-order valence-electron chi connectivity index (χ1n) is 3.97. The van der Waals surface area contributed by atoms with Crippen LogP contribution in [0.25, 0.3) is 0 Å². The Kier molecular flexibility index (Phi) is 3.88. The summed E-state index contributed by atoms with van der Waals surface area (Å²) >= 11 is 0. The van der Waals surface area contributed by atoms with Gasteiger partial charge in [-0.05, 0) is 45.8 Å². The van der Waals surface area contributed by atoms with E-state index in [1.165, 1.54) is 16.7 Å². The molecule has 0 bridgehead atoms. The average Bonchev–Trinajstić information content (AvgIpc) is 1.88. The highest BCUT2D eigenvalue weighted by molar-refractivity contribution is 5.44. The first-order valence-corrected chi connectivity index (χ1v) is 3.97. The zero-order valence-electron chi connectivity index (χ0n) is 8.28. The molecule has 11 heavy (non-hydrogen) atoms. The van der Waals surface area contributed by atoms with E-state index in [2.05, 4.69) is 40.3 Å². The first-order chi connectivity index (χ1) is 5.00. The summed E-state index contributed by atoms with van der Waals surface area (Å²) < 4.78 is 0. The minimum Gasteiger partial charge on any atom is -0.0955 e. The van der Waals surface area contributed by atoms with Crippen LogP contribution in [0, 0.1) is 0 Å². The third-order valence-electron chi connectivity index (χ3n) is 1.90. The molecule has 62 valence electrons. The van der Waals surface area contributed by atoms with E-state index in [-0.39, 0.29) is 0 Å². The summed E-state index contributed by atoms with van der Waals surface area (Å²) in [6.45, 7) is 14.4. The van der Waals surface area contributed by atoms with Crippen molar-refractivity contribution in [2.45, 2.75) is 34.6 Å². The van der Waals surface area contributed by atoms with Gasteiger partial charge in [-0.2, -0.15) is 0 Å². The van der Waals surface area contributed by atoms with Crippen molar-refractivity contribution in [1.82, 2.24) is 0 Å². The van der Waals surface area contributed by atoms with Gasteiger partial charge in [0.15, 0.2) is 0 Å². The lowest BCUT2D eigenvalue weighted by molar-refractivity contribution is 1.22. The van der Waals surface area contributed by atoms with Crippen molar-refractivity contribution < 1.29 is 0 Å². The normalized spacial score (nSPS) is 11.2. The van der Waals surface area contributed by atoms with Crippen LogP contribution in [0.15, 0.2) is 34.9 Å². The fourth-order valence-corrected chi connectivity index (χ4v) is 1.05. The van der Waals surface area contributed by atoms with Gasteiger partial charge in [0.1, 0.15) is 0 Å². The number of rotatable bonds is 2. The summed E-state index contributed by atoms with van der Waals surface area (Å²) in [7, 11) is 0. The second-order valence-corrected chi connectivity index (χ2v) is 3.11. The average molecular weight is 150 g/mol. The Morgan fingerprint density at radius 3 is 1.64 bits per heavy atom. The molecule has 0 saturated heterocycles. The Bertz CT molecular complexity index is 210. The monoisotopic (exact) mass is 150 g/mol. The van der Waals surface area contributed by atoms with Crippen LogP contribution in [0.5, 0.6) is 0 Å². The predicted molar refractivity (Wildman–Crippen MR) is 52.6 cm³/mol. The molecule has 0 saturated carbocycles. The summed E-state index contributed by atoms with van der Waals surface area (Å²) in [5.74, 6) is 0. The molecule has 0 aliphatic rings. The summed E-state index contributed by atoms with van der Waals surface area (Å²) in [4.78, 5) is 0. The molecule has 0 nitrogen and oxygen atoms in total. The highest BCUT2D eigenvalue weighted by Gasteiger charge is 1.99. The molecule has 0 rings (SSSR count). The Hall–Kier alpha value is -0.780. The van der Waals surface area contributed by atoms with Crippen LogP contribution in [0.2, 0.25) is 0 Å². The zero-order valence-corrected chi connectivity index (χ0v) is 8.28. The number of hydrogen-bond donors (Lipinski definition) is 0. The lowest BCUT2D eigenvalue weighted by Crippen LogP contribution is -1.88. The van der Waals surface area contributed by atoms with Crippen LogP contribution >= 0.6 is 0 Å². The van der Waals surface area contributed by atoms with Crippen molar-refractivity contribution >= 4 is 0 Å². The lowest BCUT2D eigenvalue weighted by Gasteiger charge is -2.08. The molecule has 0 aromatic heterocycles. The molecule has 0 heteroatoms. The molecule has 0 atom stereocenters. The standard InChI is InChI=1S/C11H18/c1-7-11(9(4)5)10(6)8(2)3/h7H,4H2,1-3,5-6H3. The van der Waals surface area contributed by atoms with E-state index in [4.69, 9.17) is 0 Å². The maximum Gasteiger partial charge on any atom is -0.0247 e. The van der Waals surface area contributed by atoms with Crippen molar-refractivity contribution in [3.05, 3.63) is 34.9 Å².